The third-order valence-electron chi connectivity index (χ3n) is 5.07. The summed E-state index contributed by atoms with van der Waals surface area (Å²) in [5.41, 5.74) is 1.31. The number of ether oxygens (including phenoxy) is 2. The van der Waals surface area contributed by atoms with Crippen molar-refractivity contribution < 1.29 is 9.47 Å². The monoisotopic (exact) mass is 502 g/mol. The van der Waals surface area contributed by atoms with E-state index in [1.807, 2.05) is 0 Å². The first-order chi connectivity index (χ1) is 13.4. The van der Waals surface area contributed by atoms with E-state index in [0.29, 0.717) is 6.10 Å². The van der Waals surface area contributed by atoms with Gasteiger partial charge >= 0.3 is 0 Å². The maximum Gasteiger partial charge on any atom is 0.194 e. The Labute approximate surface area is 186 Å². The predicted molar refractivity (Wildman–Crippen MR) is 126 cm³/mol. The minimum absolute atomic E-state index is 0. The van der Waals surface area contributed by atoms with Crippen LogP contribution in [0.4, 0.5) is 5.69 Å². The van der Waals surface area contributed by atoms with Crippen molar-refractivity contribution in [3.63, 3.8) is 0 Å². The molecule has 1 N–H and O–H groups in total. The van der Waals surface area contributed by atoms with Gasteiger partial charge in [-0.3, -0.25) is 4.99 Å². The van der Waals surface area contributed by atoms with Crippen molar-refractivity contribution in [1.29, 1.82) is 0 Å². The molecule has 0 amide bonds. The van der Waals surface area contributed by atoms with E-state index in [4.69, 9.17) is 14.5 Å². The standard InChI is InChI=1S/C21H34N4O2.HI/c1-2-22-21(23-11-7-16-26-18-20-10-6-17-27-20)25-14-12-24(13-15-25)19-8-4-3-5-9-19;/h3-5,8-9,20H,2,6-7,10-18H2,1H3,(H,22,23);1H. The number of guanidine groups is 1. The lowest BCUT2D eigenvalue weighted by molar-refractivity contribution is 0.0170. The Balaban J connectivity index is 0.00000280. The highest BCUT2D eigenvalue weighted by Crippen LogP contribution is 2.15. The Morgan fingerprint density at radius 2 is 2.00 bits per heavy atom. The Hall–Kier alpha value is -1.06. The van der Waals surface area contributed by atoms with Crippen LogP contribution >= 0.6 is 24.0 Å². The number of hydrogen-bond donors (Lipinski definition) is 1. The zero-order valence-electron chi connectivity index (χ0n) is 17.0. The number of rotatable bonds is 8. The van der Waals surface area contributed by atoms with Gasteiger partial charge in [-0.15, -0.1) is 24.0 Å². The molecule has 28 heavy (non-hydrogen) atoms. The molecule has 0 aliphatic carbocycles. The summed E-state index contributed by atoms with van der Waals surface area (Å²) in [5.74, 6) is 1.03. The summed E-state index contributed by atoms with van der Waals surface area (Å²) in [5, 5.41) is 3.44. The summed E-state index contributed by atoms with van der Waals surface area (Å²) >= 11 is 0. The Kier molecular flexibility index (Phi) is 11.0. The van der Waals surface area contributed by atoms with Crippen LogP contribution in [0.25, 0.3) is 0 Å². The molecule has 0 radical (unpaired) electrons. The second kappa shape index (κ2) is 13.2. The number of aliphatic imine (C=N–C) groups is 1. The molecule has 1 atom stereocenters. The summed E-state index contributed by atoms with van der Waals surface area (Å²) in [4.78, 5) is 9.62. The van der Waals surface area contributed by atoms with Gasteiger partial charge in [-0.2, -0.15) is 0 Å². The molecule has 7 heteroatoms. The van der Waals surface area contributed by atoms with Gasteiger partial charge in [-0.1, -0.05) is 18.2 Å². The molecule has 6 nitrogen and oxygen atoms in total. The SMILES string of the molecule is CCNC(=NCCCOCC1CCCO1)N1CCN(c2ccccc2)CC1.I. The number of halogens is 1. The van der Waals surface area contributed by atoms with Crippen LogP contribution in [-0.2, 0) is 9.47 Å². The smallest absolute Gasteiger partial charge is 0.194 e. The van der Waals surface area contributed by atoms with Crippen LogP contribution in [-0.4, -0.2) is 76.1 Å². The second-order valence-corrected chi connectivity index (χ2v) is 7.11. The van der Waals surface area contributed by atoms with Crippen molar-refractivity contribution in [2.24, 2.45) is 4.99 Å². The van der Waals surface area contributed by atoms with Gasteiger partial charge in [-0.25, -0.2) is 0 Å². The topological polar surface area (TPSA) is 49.3 Å². The van der Waals surface area contributed by atoms with Crippen LogP contribution in [0.1, 0.15) is 26.2 Å². The maximum atomic E-state index is 5.73. The maximum absolute atomic E-state index is 5.73. The van der Waals surface area contributed by atoms with E-state index >= 15 is 0 Å². The molecule has 0 spiro atoms. The van der Waals surface area contributed by atoms with Crippen LogP contribution in [0.15, 0.2) is 35.3 Å². The lowest BCUT2D eigenvalue weighted by Crippen LogP contribution is -2.52. The van der Waals surface area contributed by atoms with Crippen molar-refractivity contribution in [3.8, 4) is 0 Å². The molecule has 158 valence electrons. The summed E-state index contributed by atoms with van der Waals surface area (Å²) in [6.07, 6.45) is 3.57. The molecule has 2 heterocycles. The molecular weight excluding hydrogens is 467 g/mol. The highest BCUT2D eigenvalue weighted by molar-refractivity contribution is 14.0. The van der Waals surface area contributed by atoms with Crippen LogP contribution < -0.4 is 10.2 Å². The molecule has 2 aliphatic rings. The van der Waals surface area contributed by atoms with Gasteiger partial charge < -0.3 is 24.6 Å². The number of benzene rings is 1. The van der Waals surface area contributed by atoms with E-state index in [0.717, 1.165) is 77.9 Å². The van der Waals surface area contributed by atoms with Gasteiger partial charge in [0.15, 0.2) is 5.96 Å². The van der Waals surface area contributed by atoms with E-state index in [1.165, 1.54) is 12.1 Å². The molecule has 0 aromatic heterocycles. The average molecular weight is 502 g/mol. The molecule has 0 saturated carbocycles. The van der Waals surface area contributed by atoms with Gasteiger partial charge in [0.25, 0.3) is 0 Å². The number of anilines is 1. The largest absolute Gasteiger partial charge is 0.379 e. The number of nitrogens with zero attached hydrogens (tertiary/aromatic N) is 3. The molecular formula is C21H35IN4O2. The van der Waals surface area contributed by atoms with E-state index in [2.05, 4.69) is 52.4 Å². The Bertz CT molecular complexity index is 559. The summed E-state index contributed by atoms with van der Waals surface area (Å²) < 4.78 is 11.3. The van der Waals surface area contributed by atoms with Crippen molar-refractivity contribution in [3.05, 3.63) is 30.3 Å². The highest BCUT2D eigenvalue weighted by atomic mass is 127. The molecule has 1 unspecified atom stereocenters. The number of piperazine rings is 1. The van der Waals surface area contributed by atoms with Gasteiger partial charge in [0.1, 0.15) is 0 Å². The Morgan fingerprint density at radius 3 is 2.68 bits per heavy atom. The lowest BCUT2D eigenvalue weighted by atomic mass is 10.2. The van der Waals surface area contributed by atoms with Gasteiger partial charge in [0.05, 0.1) is 12.7 Å². The fraction of sp³-hybridized carbons (Fsp3) is 0.667. The van der Waals surface area contributed by atoms with E-state index in [-0.39, 0.29) is 24.0 Å². The number of para-hydroxylation sites is 1. The zero-order chi connectivity index (χ0) is 18.7. The molecule has 1 aromatic carbocycles. The van der Waals surface area contributed by atoms with Crippen LogP contribution in [0.5, 0.6) is 0 Å². The number of nitrogens with one attached hydrogen (secondary N) is 1. The first kappa shape index (κ1) is 23.2. The van der Waals surface area contributed by atoms with Crippen LogP contribution in [0.3, 0.4) is 0 Å². The van der Waals surface area contributed by atoms with E-state index in [9.17, 15) is 0 Å². The molecule has 2 saturated heterocycles. The van der Waals surface area contributed by atoms with Crippen LogP contribution in [0, 0.1) is 0 Å². The average Bonchev–Trinajstić information content (AvgIpc) is 3.24. The summed E-state index contributed by atoms with van der Waals surface area (Å²) in [6.45, 7) is 10.2. The van der Waals surface area contributed by atoms with Gasteiger partial charge in [-0.05, 0) is 38.3 Å². The Morgan fingerprint density at radius 1 is 1.21 bits per heavy atom. The fourth-order valence-electron chi connectivity index (χ4n) is 3.58. The van der Waals surface area contributed by atoms with Crippen molar-refractivity contribution >= 4 is 35.6 Å². The van der Waals surface area contributed by atoms with Crippen molar-refractivity contribution in [1.82, 2.24) is 10.2 Å². The third-order valence-corrected chi connectivity index (χ3v) is 5.07. The van der Waals surface area contributed by atoms with Crippen LogP contribution in [0.2, 0.25) is 0 Å². The van der Waals surface area contributed by atoms with E-state index < -0.39 is 0 Å². The van der Waals surface area contributed by atoms with Gasteiger partial charge in [0.2, 0.25) is 0 Å². The van der Waals surface area contributed by atoms with Gasteiger partial charge in [0, 0.05) is 58.2 Å². The molecule has 3 rings (SSSR count). The summed E-state index contributed by atoms with van der Waals surface area (Å²) in [6, 6.07) is 10.7. The second-order valence-electron chi connectivity index (χ2n) is 7.11. The van der Waals surface area contributed by atoms with E-state index in [1.54, 1.807) is 0 Å². The molecule has 2 fully saturated rings. The quantitative estimate of drug-likeness (QED) is 0.257. The van der Waals surface area contributed by atoms with Crippen molar-refractivity contribution in [2.75, 3.05) is 64.0 Å². The first-order valence-corrected chi connectivity index (χ1v) is 10.4. The minimum atomic E-state index is 0. The molecule has 0 bridgehead atoms. The first-order valence-electron chi connectivity index (χ1n) is 10.4. The normalized spacial score (nSPS) is 20.2. The van der Waals surface area contributed by atoms with Crippen molar-refractivity contribution in [2.45, 2.75) is 32.3 Å². The number of hydrogen-bond acceptors (Lipinski definition) is 4. The lowest BCUT2D eigenvalue weighted by Gasteiger charge is -2.37. The highest BCUT2D eigenvalue weighted by Gasteiger charge is 2.19. The zero-order valence-corrected chi connectivity index (χ0v) is 19.3. The molecule has 1 aromatic rings. The fourth-order valence-corrected chi connectivity index (χ4v) is 3.58. The summed E-state index contributed by atoms with van der Waals surface area (Å²) in [7, 11) is 0. The predicted octanol–water partition coefficient (Wildman–Crippen LogP) is 2.98. The third kappa shape index (κ3) is 7.40. The molecule has 2 aliphatic heterocycles. The minimum Gasteiger partial charge on any atom is -0.379 e.